The Kier molecular flexibility index (Phi) is 10.2. The van der Waals surface area contributed by atoms with E-state index >= 15 is 0 Å². The zero-order valence-electron chi connectivity index (χ0n) is 21.0. The van der Waals surface area contributed by atoms with Crippen LogP contribution < -0.4 is 9.47 Å². The van der Waals surface area contributed by atoms with Crippen LogP contribution in [0.15, 0.2) is 29.6 Å². The molecule has 0 unspecified atom stereocenters. The average Bonchev–Trinajstić information content (AvgIpc) is 3.18. The lowest BCUT2D eigenvalue weighted by Gasteiger charge is -2.30. The van der Waals surface area contributed by atoms with Crippen molar-refractivity contribution in [2.45, 2.75) is 47.6 Å². The number of nitrogens with zero attached hydrogens (tertiary/aromatic N) is 2. The fourth-order valence-corrected chi connectivity index (χ4v) is 4.55. The Bertz CT molecular complexity index is 923. The molecule has 2 rings (SSSR count). The Labute approximate surface area is 202 Å². The van der Waals surface area contributed by atoms with Crippen molar-refractivity contribution in [3.05, 3.63) is 45.6 Å². The molecule has 0 N–H and O–H groups in total. The first-order valence-corrected chi connectivity index (χ1v) is 12.3. The molecule has 7 heteroatoms. The second-order valence-corrected chi connectivity index (χ2v) is 10.0. The van der Waals surface area contributed by atoms with Crippen LogP contribution in [0.25, 0.3) is 0 Å². The van der Waals surface area contributed by atoms with Gasteiger partial charge in [-0.15, -0.1) is 11.3 Å². The number of hydrogen-bond acceptors (Lipinski definition) is 5. The van der Waals surface area contributed by atoms with E-state index in [2.05, 4.69) is 32.2 Å². The third kappa shape index (κ3) is 7.77. The van der Waals surface area contributed by atoms with Gasteiger partial charge in [-0.2, -0.15) is 0 Å². The maximum Gasteiger partial charge on any atom is 0.242 e. The molecule has 2 amide bonds. The number of ether oxygens (including phenoxy) is 2. The number of amides is 2. The molecular formula is C26H38N2O4S. The number of carbonyl (C=O) groups is 2. The number of carbonyl (C=O) groups excluding carboxylic acids is 2. The molecule has 33 heavy (non-hydrogen) atoms. The SMILES string of the molecule is COc1ccc(CCN(Cc2sccc2C)C(=O)CN(CC(C)C)C(=O)C(C)C)cc1OC. The Hall–Kier alpha value is -2.54. The number of methoxy groups -OCH3 is 2. The Morgan fingerprint density at radius 2 is 1.70 bits per heavy atom. The van der Waals surface area contributed by atoms with Gasteiger partial charge >= 0.3 is 0 Å². The zero-order valence-corrected chi connectivity index (χ0v) is 21.8. The van der Waals surface area contributed by atoms with Crippen molar-refractivity contribution in [3.63, 3.8) is 0 Å². The van der Waals surface area contributed by atoms with Gasteiger partial charge in [-0.05, 0) is 54.0 Å². The molecule has 0 aliphatic carbocycles. The van der Waals surface area contributed by atoms with Crippen LogP contribution in [-0.2, 0) is 22.6 Å². The number of aryl methyl sites for hydroxylation is 1. The summed E-state index contributed by atoms with van der Waals surface area (Å²) in [6.45, 7) is 11.7. The lowest BCUT2D eigenvalue weighted by Crippen LogP contribution is -2.45. The predicted molar refractivity (Wildman–Crippen MR) is 134 cm³/mol. The fourth-order valence-electron chi connectivity index (χ4n) is 3.63. The Morgan fingerprint density at radius 3 is 2.24 bits per heavy atom. The molecule has 1 aromatic carbocycles. The molecule has 0 atom stereocenters. The molecular weight excluding hydrogens is 436 g/mol. The highest BCUT2D eigenvalue weighted by Crippen LogP contribution is 2.28. The third-order valence-corrected chi connectivity index (χ3v) is 6.50. The average molecular weight is 475 g/mol. The third-order valence-electron chi connectivity index (χ3n) is 5.49. The predicted octanol–water partition coefficient (Wildman–Crippen LogP) is 4.79. The Balaban J connectivity index is 2.21. The van der Waals surface area contributed by atoms with E-state index in [4.69, 9.17) is 9.47 Å². The minimum atomic E-state index is -0.142. The fraction of sp³-hybridized carbons (Fsp3) is 0.538. The van der Waals surface area contributed by atoms with Crippen molar-refractivity contribution >= 4 is 23.2 Å². The molecule has 182 valence electrons. The van der Waals surface area contributed by atoms with Gasteiger partial charge in [0.15, 0.2) is 11.5 Å². The molecule has 0 bridgehead atoms. The van der Waals surface area contributed by atoms with E-state index in [1.54, 1.807) is 30.5 Å². The number of hydrogen-bond donors (Lipinski definition) is 0. The van der Waals surface area contributed by atoms with E-state index in [0.717, 1.165) is 5.56 Å². The molecule has 0 fully saturated rings. The molecule has 0 aliphatic rings. The molecule has 2 aromatic rings. The largest absolute Gasteiger partial charge is 0.493 e. The van der Waals surface area contributed by atoms with E-state index in [1.807, 2.05) is 36.9 Å². The maximum atomic E-state index is 13.4. The number of thiophene rings is 1. The molecule has 1 heterocycles. The highest BCUT2D eigenvalue weighted by Gasteiger charge is 2.24. The lowest BCUT2D eigenvalue weighted by molar-refractivity contribution is -0.143. The van der Waals surface area contributed by atoms with Gasteiger partial charge in [0.1, 0.15) is 0 Å². The van der Waals surface area contributed by atoms with Crippen molar-refractivity contribution in [3.8, 4) is 11.5 Å². The van der Waals surface area contributed by atoms with Crippen molar-refractivity contribution in [1.29, 1.82) is 0 Å². The van der Waals surface area contributed by atoms with Crippen LogP contribution in [0.3, 0.4) is 0 Å². The Morgan fingerprint density at radius 1 is 1.00 bits per heavy atom. The maximum absolute atomic E-state index is 13.4. The normalized spacial score (nSPS) is 11.1. The first-order chi connectivity index (χ1) is 15.7. The van der Waals surface area contributed by atoms with Gasteiger partial charge in [-0.25, -0.2) is 0 Å². The smallest absolute Gasteiger partial charge is 0.242 e. The van der Waals surface area contributed by atoms with Crippen molar-refractivity contribution < 1.29 is 19.1 Å². The second kappa shape index (κ2) is 12.6. The second-order valence-electron chi connectivity index (χ2n) is 9.05. The van der Waals surface area contributed by atoms with Crippen LogP contribution in [0.1, 0.15) is 43.7 Å². The van der Waals surface area contributed by atoms with Crippen molar-refractivity contribution in [1.82, 2.24) is 9.80 Å². The van der Waals surface area contributed by atoms with Gasteiger partial charge in [-0.1, -0.05) is 33.8 Å². The molecule has 0 aliphatic heterocycles. The summed E-state index contributed by atoms with van der Waals surface area (Å²) in [6.07, 6.45) is 0.679. The summed E-state index contributed by atoms with van der Waals surface area (Å²) in [5.41, 5.74) is 2.24. The molecule has 0 spiro atoms. The summed E-state index contributed by atoms with van der Waals surface area (Å²) < 4.78 is 10.8. The van der Waals surface area contributed by atoms with Gasteiger partial charge < -0.3 is 19.3 Å². The number of benzene rings is 1. The van der Waals surface area contributed by atoms with E-state index in [1.165, 1.54) is 10.4 Å². The summed E-state index contributed by atoms with van der Waals surface area (Å²) in [4.78, 5) is 30.9. The topological polar surface area (TPSA) is 59.1 Å². The summed E-state index contributed by atoms with van der Waals surface area (Å²) in [7, 11) is 3.23. The van der Waals surface area contributed by atoms with Crippen LogP contribution in [0.5, 0.6) is 11.5 Å². The van der Waals surface area contributed by atoms with E-state index in [0.29, 0.717) is 43.5 Å². The number of rotatable bonds is 12. The minimum absolute atomic E-state index is 0.0178. The van der Waals surface area contributed by atoms with Gasteiger partial charge in [0.2, 0.25) is 11.8 Å². The van der Waals surface area contributed by atoms with Crippen LogP contribution in [-0.4, -0.2) is 55.5 Å². The summed E-state index contributed by atoms with van der Waals surface area (Å²) in [5, 5.41) is 2.05. The van der Waals surface area contributed by atoms with Crippen LogP contribution in [0, 0.1) is 18.8 Å². The molecule has 0 radical (unpaired) electrons. The summed E-state index contributed by atoms with van der Waals surface area (Å²) >= 11 is 1.66. The van der Waals surface area contributed by atoms with Crippen LogP contribution >= 0.6 is 11.3 Å². The van der Waals surface area contributed by atoms with Gasteiger partial charge in [0.25, 0.3) is 0 Å². The van der Waals surface area contributed by atoms with Crippen LogP contribution in [0.4, 0.5) is 0 Å². The molecule has 0 saturated carbocycles. The zero-order chi connectivity index (χ0) is 24.5. The van der Waals surface area contributed by atoms with Crippen molar-refractivity contribution in [2.75, 3.05) is 33.9 Å². The summed E-state index contributed by atoms with van der Waals surface area (Å²) in [5.74, 6) is 1.49. The highest BCUT2D eigenvalue weighted by molar-refractivity contribution is 7.10. The first-order valence-electron chi connectivity index (χ1n) is 11.5. The first kappa shape index (κ1) is 26.7. The standard InChI is InChI=1S/C26H38N2O4S/c1-18(2)15-28(26(30)19(3)4)17-25(29)27(16-24-20(5)11-13-33-24)12-10-21-8-9-22(31-6)23(14-21)32-7/h8-9,11,13-14,18-19H,10,12,15-17H2,1-7H3. The summed E-state index contributed by atoms with van der Waals surface area (Å²) in [6, 6.07) is 7.90. The van der Waals surface area contributed by atoms with E-state index < -0.39 is 0 Å². The van der Waals surface area contributed by atoms with Gasteiger partial charge in [0, 0.05) is 23.9 Å². The van der Waals surface area contributed by atoms with Crippen molar-refractivity contribution in [2.24, 2.45) is 11.8 Å². The quantitative estimate of drug-likeness (QED) is 0.444. The lowest BCUT2D eigenvalue weighted by atomic mass is 10.1. The monoisotopic (exact) mass is 474 g/mol. The van der Waals surface area contributed by atoms with Gasteiger partial charge in [0.05, 0.1) is 27.3 Å². The van der Waals surface area contributed by atoms with E-state index in [-0.39, 0.29) is 24.3 Å². The van der Waals surface area contributed by atoms with Gasteiger partial charge in [-0.3, -0.25) is 9.59 Å². The molecule has 6 nitrogen and oxygen atoms in total. The van der Waals surface area contributed by atoms with Crippen LogP contribution in [0.2, 0.25) is 0 Å². The highest BCUT2D eigenvalue weighted by atomic mass is 32.1. The van der Waals surface area contributed by atoms with E-state index in [9.17, 15) is 9.59 Å². The molecule has 1 aromatic heterocycles. The molecule has 0 saturated heterocycles. The minimum Gasteiger partial charge on any atom is -0.493 e.